The average molecular weight is 382 g/mol. The Hall–Kier alpha value is -2.60. The molecule has 1 aromatic heterocycles. The van der Waals surface area contributed by atoms with Crippen molar-refractivity contribution in [3.05, 3.63) is 46.3 Å². The lowest BCUT2D eigenvalue weighted by Gasteiger charge is -2.26. The van der Waals surface area contributed by atoms with Crippen LogP contribution in [0.15, 0.2) is 18.2 Å². The van der Waals surface area contributed by atoms with E-state index in [1.807, 2.05) is 26.0 Å². The average Bonchev–Trinajstić information content (AvgIpc) is 3.25. The van der Waals surface area contributed by atoms with E-state index in [0.29, 0.717) is 31.0 Å². The first-order valence-corrected chi connectivity index (χ1v) is 9.82. The van der Waals surface area contributed by atoms with E-state index in [2.05, 4.69) is 16.0 Å². The Labute approximate surface area is 164 Å². The molecule has 1 aromatic carbocycles. The zero-order valence-corrected chi connectivity index (χ0v) is 16.6. The number of likely N-dealkylation sites (tertiary alicyclic amines) is 1. The standard InChI is InChI=1S/C22H26N2O4/c1-13-21(15(3)25)14(2)23-22(13)18(26)12-24-8-4-5-17(24)16-6-7-19-20(11-16)28-10-9-27-19/h6-7,11,17,23H,4-5,8-10,12H2,1-3H3. The quantitative estimate of drug-likeness (QED) is 0.800. The predicted molar refractivity (Wildman–Crippen MR) is 106 cm³/mol. The van der Waals surface area contributed by atoms with E-state index < -0.39 is 0 Å². The van der Waals surface area contributed by atoms with Crippen molar-refractivity contribution >= 4 is 11.6 Å². The van der Waals surface area contributed by atoms with E-state index in [-0.39, 0.29) is 17.6 Å². The number of Topliss-reactive ketones (excluding diaryl/α,β-unsaturated/α-hetero) is 2. The van der Waals surface area contributed by atoms with Crippen LogP contribution in [0.4, 0.5) is 0 Å². The van der Waals surface area contributed by atoms with Gasteiger partial charge in [-0.05, 0) is 63.4 Å². The molecule has 2 aromatic rings. The summed E-state index contributed by atoms with van der Waals surface area (Å²) in [5.41, 5.74) is 3.85. The number of carbonyl (C=O) groups excluding carboxylic acids is 2. The fourth-order valence-corrected chi connectivity index (χ4v) is 4.48. The van der Waals surface area contributed by atoms with Crippen LogP contribution in [0.5, 0.6) is 11.5 Å². The zero-order chi connectivity index (χ0) is 19.8. The Morgan fingerprint density at radius 1 is 1.18 bits per heavy atom. The number of rotatable bonds is 5. The van der Waals surface area contributed by atoms with Gasteiger partial charge in [-0.1, -0.05) is 6.07 Å². The highest BCUT2D eigenvalue weighted by atomic mass is 16.6. The lowest BCUT2D eigenvalue weighted by atomic mass is 10.0. The number of nitrogens with one attached hydrogen (secondary N) is 1. The molecule has 0 radical (unpaired) electrons. The summed E-state index contributed by atoms with van der Waals surface area (Å²) in [5.74, 6) is 1.58. The molecule has 0 aliphatic carbocycles. The highest BCUT2D eigenvalue weighted by Crippen LogP contribution is 2.38. The van der Waals surface area contributed by atoms with Gasteiger partial charge in [0.2, 0.25) is 0 Å². The van der Waals surface area contributed by atoms with Crippen LogP contribution in [-0.4, -0.2) is 47.8 Å². The van der Waals surface area contributed by atoms with Crippen LogP contribution < -0.4 is 9.47 Å². The summed E-state index contributed by atoms with van der Waals surface area (Å²) in [4.78, 5) is 30.2. The Kier molecular flexibility index (Phi) is 4.98. The molecule has 0 saturated carbocycles. The smallest absolute Gasteiger partial charge is 0.193 e. The molecule has 3 heterocycles. The highest BCUT2D eigenvalue weighted by Gasteiger charge is 2.30. The van der Waals surface area contributed by atoms with Crippen molar-refractivity contribution in [3.8, 4) is 11.5 Å². The van der Waals surface area contributed by atoms with Gasteiger partial charge in [0.05, 0.1) is 12.2 Å². The van der Waals surface area contributed by atoms with Gasteiger partial charge in [-0.25, -0.2) is 0 Å². The minimum atomic E-state index is -0.0133. The maximum atomic E-state index is 13.0. The largest absolute Gasteiger partial charge is 0.486 e. The van der Waals surface area contributed by atoms with Crippen LogP contribution in [0, 0.1) is 13.8 Å². The Bertz CT molecular complexity index is 931. The molecule has 2 aliphatic rings. The second kappa shape index (κ2) is 7.43. The summed E-state index contributed by atoms with van der Waals surface area (Å²) in [5, 5.41) is 0. The third-order valence-electron chi connectivity index (χ3n) is 5.73. The van der Waals surface area contributed by atoms with Gasteiger partial charge in [0, 0.05) is 17.3 Å². The molecule has 1 atom stereocenters. The molecule has 0 spiro atoms. The number of nitrogens with zero attached hydrogens (tertiary/aromatic N) is 1. The molecule has 6 nitrogen and oxygen atoms in total. The number of aromatic amines is 1. The fourth-order valence-electron chi connectivity index (χ4n) is 4.48. The van der Waals surface area contributed by atoms with E-state index in [4.69, 9.17) is 9.47 Å². The van der Waals surface area contributed by atoms with Crippen LogP contribution in [0.3, 0.4) is 0 Å². The number of aryl methyl sites for hydroxylation is 1. The van der Waals surface area contributed by atoms with Crippen LogP contribution in [0.1, 0.15) is 63.5 Å². The van der Waals surface area contributed by atoms with Crippen molar-refractivity contribution in [3.63, 3.8) is 0 Å². The first-order valence-electron chi connectivity index (χ1n) is 9.82. The van der Waals surface area contributed by atoms with Crippen molar-refractivity contribution in [1.82, 2.24) is 9.88 Å². The topological polar surface area (TPSA) is 71.6 Å². The van der Waals surface area contributed by atoms with E-state index in [9.17, 15) is 9.59 Å². The number of aromatic nitrogens is 1. The van der Waals surface area contributed by atoms with Gasteiger partial charge in [-0.3, -0.25) is 14.5 Å². The summed E-state index contributed by atoms with van der Waals surface area (Å²) in [6.45, 7) is 7.57. The number of ether oxygens (including phenoxy) is 2. The number of hydrogen-bond donors (Lipinski definition) is 1. The van der Waals surface area contributed by atoms with E-state index in [1.54, 1.807) is 0 Å². The number of hydrogen-bond acceptors (Lipinski definition) is 5. The Balaban J connectivity index is 1.54. The molecule has 0 bridgehead atoms. The fraction of sp³-hybridized carbons (Fsp3) is 0.455. The zero-order valence-electron chi connectivity index (χ0n) is 16.6. The number of fused-ring (bicyclic) bond motifs is 1. The van der Waals surface area contributed by atoms with Crippen LogP contribution in [-0.2, 0) is 0 Å². The van der Waals surface area contributed by atoms with Gasteiger partial charge >= 0.3 is 0 Å². The maximum absolute atomic E-state index is 13.0. The van der Waals surface area contributed by atoms with Gasteiger partial charge in [-0.2, -0.15) is 0 Å². The molecular weight excluding hydrogens is 356 g/mol. The van der Waals surface area contributed by atoms with Crippen LogP contribution >= 0.6 is 0 Å². The van der Waals surface area contributed by atoms with Crippen molar-refractivity contribution in [2.45, 2.75) is 39.7 Å². The Morgan fingerprint density at radius 3 is 2.64 bits per heavy atom. The number of benzene rings is 1. The van der Waals surface area contributed by atoms with E-state index >= 15 is 0 Å². The predicted octanol–water partition coefficient (Wildman–Crippen LogP) is 3.63. The summed E-state index contributed by atoms with van der Waals surface area (Å²) in [6.07, 6.45) is 2.06. The number of carbonyl (C=O) groups is 2. The molecule has 4 rings (SSSR count). The molecule has 28 heavy (non-hydrogen) atoms. The van der Waals surface area contributed by atoms with E-state index in [0.717, 1.165) is 47.7 Å². The van der Waals surface area contributed by atoms with Crippen molar-refractivity contribution < 1.29 is 19.1 Å². The third kappa shape index (κ3) is 3.33. The highest BCUT2D eigenvalue weighted by molar-refractivity contribution is 6.04. The SMILES string of the molecule is CC(=O)c1c(C)[nH]c(C(=O)CN2CCCC2c2ccc3c(c2)OCCO3)c1C. The van der Waals surface area contributed by atoms with Crippen molar-refractivity contribution in [2.75, 3.05) is 26.3 Å². The second-order valence-corrected chi connectivity index (χ2v) is 7.64. The summed E-state index contributed by atoms with van der Waals surface area (Å²) in [7, 11) is 0. The first-order chi connectivity index (χ1) is 13.5. The molecule has 1 unspecified atom stereocenters. The van der Waals surface area contributed by atoms with Crippen LogP contribution in [0.2, 0.25) is 0 Å². The second-order valence-electron chi connectivity index (χ2n) is 7.64. The molecule has 2 aliphatic heterocycles. The molecule has 148 valence electrons. The first kappa shape index (κ1) is 18.7. The molecule has 0 amide bonds. The summed E-state index contributed by atoms with van der Waals surface area (Å²) < 4.78 is 11.3. The van der Waals surface area contributed by atoms with Gasteiger partial charge in [0.1, 0.15) is 13.2 Å². The normalized spacial score (nSPS) is 19.0. The molecule has 6 heteroatoms. The van der Waals surface area contributed by atoms with Gasteiger partial charge < -0.3 is 14.5 Å². The molecule has 1 N–H and O–H groups in total. The minimum absolute atomic E-state index is 0.0133. The van der Waals surface area contributed by atoms with Gasteiger partial charge in [0.15, 0.2) is 23.1 Å². The molecule has 1 saturated heterocycles. The lowest BCUT2D eigenvalue weighted by molar-refractivity contribution is 0.0916. The van der Waals surface area contributed by atoms with Crippen LogP contribution in [0.25, 0.3) is 0 Å². The van der Waals surface area contributed by atoms with E-state index in [1.165, 1.54) is 6.92 Å². The monoisotopic (exact) mass is 382 g/mol. The number of H-pyrrole nitrogens is 1. The van der Waals surface area contributed by atoms with Crippen molar-refractivity contribution in [2.24, 2.45) is 0 Å². The third-order valence-corrected chi connectivity index (χ3v) is 5.73. The lowest BCUT2D eigenvalue weighted by Crippen LogP contribution is -2.30. The number of ketones is 2. The molecular formula is C22H26N2O4. The maximum Gasteiger partial charge on any atom is 0.193 e. The summed E-state index contributed by atoms with van der Waals surface area (Å²) >= 11 is 0. The molecule has 1 fully saturated rings. The van der Waals surface area contributed by atoms with Gasteiger partial charge in [-0.15, -0.1) is 0 Å². The summed E-state index contributed by atoms with van der Waals surface area (Å²) in [6, 6.07) is 6.25. The Morgan fingerprint density at radius 2 is 1.93 bits per heavy atom. The minimum Gasteiger partial charge on any atom is -0.486 e. The van der Waals surface area contributed by atoms with Crippen molar-refractivity contribution in [1.29, 1.82) is 0 Å². The van der Waals surface area contributed by atoms with Gasteiger partial charge in [0.25, 0.3) is 0 Å².